The van der Waals surface area contributed by atoms with Gasteiger partial charge in [-0.1, -0.05) is 28.1 Å². The minimum absolute atomic E-state index is 0.388. The molecule has 0 spiro atoms. The molecule has 0 bridgehead atoms. The van der Waals surface area contributed by atoms with E-state index in [0.717, 1.165) is 17.3 Å². The minimum atomic E-state index is -0.388. The van der Waals surface area contributed by atoms with Crippen molar-refractivity contribution >= 4 is 22.0 Å². The van der Waals surface area contributed by atoms with Crippen LogP contribution in [0.3, 0.4) is 0 Å². The summed E-state index contributed by atoms with van der Waals surface area (Å²) in [6.45, 7) is 1.73. The molecule has 70 valence electrons. The van der Waals surface area contributed by atoms with Gasteiger partial charge in [0.05, 0.1) is 0 Å². The molecule has 0 aliphatic rings. The summed E-state index contributed by atoms with van der Waals surface area (Å²) in [7, 11) is 0. The van der Waals surface area contributed by atoms with Gasteiger partial charge in [-0.05, 0) is 25.0 Å². The lowest BCUT2D eigenvalue weighted by Crippen LogP contribution is -1.90. The van der Waals surface area contributed by atoms with E-state index in [2.05, 4.69) is 20.9 Å². The van der Waals surface area contributed by atoms with Crippen LogP contribution in [0.1, 0.15) is 17.5 Å². The quantitative estimate of drug-likeness (QED) is 0.587. The third-order valence-corrected chi connectivity index (χ3v) is 2.22. The Labute approximate surface area is 85.8 Å². The summed E-state index contributed by atoms with van der Waals surface area (Å²) >= 11 is 3.32. The molecule has 0 saturated carbocycles. The van der Waals surface area contributed by atoms with Gasteiger partial charge in [-0.15, -0.1) is 0 Å². The second kappa shape index (κ2) is 5.12. The maximum Gasteiger partial charge on any atom is 0.216 e. The molecule has 0 saturated heterocycles. The van der Waals surface area contributed by atoms with Gasteiger partial charge in [0.25, 0.3) is 0 Å². The molecular formula is C10H11BrFN. The summed E-state index contributed by atoms with van der Waals surface area (Å²) < 4.78 is 12.9. The average molecular weight is 244 g/mol. The highest BCUT2D eigenvalue weighted by atomic mass is 79.9. The van der Waals surface area contributed by atoms with Crippen LogP contribution in [-0.4, -0.2) is 10.3 Å². The SMILES string of the molecule is Cc1c(C=CCCBr)ccnc1F. The zero-order valence-corrected chi connectivity index (χ0v) is 9.01. The van der Waals surface area contributed by atoms with E-state index < -0.39 is 0 Å². The van der Waals surface area contributed by atoms with E-state index in [4.69, 9.17) is 0 Å². The van der Waals surface area contributed by atoms with Crippen molar-refractivity contribution in [3.63, 3.8) is 0 Å². The summed E-state index contributed by atoms with van der Waals surface area (Å²) in [5, 5.41) is 0.927. The van der Waals surface area contributed by atoms with Gasteiger partial charge in [-0.3, -0.25) is 0 Å². The van der Waals surface area contributed by atoms with E-state index in [9.17, 15) is 4.39 Å². The molecule has 0 aliphatic carbocycles. The molecule has 1 aromatic heterocycles. The van der Waals surface area contributed by atoms with E-state index in [1.807, 2.05) is 18.2 Å². The fraction of sp³-hybridized carbons (Fsp3) is 0.300. The monoisotopic (exact) mass is 243 g/mol. The Balaban J connectivity index is 2.83. The van der Waals surface area contributed by atoms with Crippen molar-refractivity contribution in [2.45, 2.75) is 13.3 Å². The van der Waals surface area contributed by atoms with Gasteiger partial charge in [0.1, 0.15) is 0 Å². The second-order valence-electron chi connectivity index (χ2n) is 2.70. The van der Waals surface area contributed by atoms with Gasteiger partial charge < -0.3 is 0 Å². The molecule has 3 heteroatoms. The summed E-state index contributed by atoms with van der Waals surface area (Å²) in [6.07, 6.45) is 6.36. The molecule has 1 heterocycles. The number of rotatable bonds is 3. The van der Waals surface area contributed by atoms with Crippen LogP contribution in [0, 0.1) is 12.9 Å². The highest BCUT2D eigenvalue weighted by Gasteiger charge is 2.00. The molecule has 1 rings (SSSR count). The van der Waals surface area contributed by atoms with Crippen LogP contribution < -0.4 is 0 Å². The van der Waals surface area contributed by atoms with Crippen molar-refractivity contribution in [2.24, 2.45) is 0 Å². The Bertz CT molecular complexity index is 310. The number of alkyl halides is 1. The van der Waals surface area contributed by atoms with Gasteiger partial charge >= 0.3 is 0 Å². The largest absolute Gasteiger partial charge is 0.228 e. The van der Waals surface area contributed by atoms with E-state index in [0.29, 0.717) is 5.56 Å². The van der Waals surface area contributed by atoms with E-state index in [-0.39, 0.29) is 5.95 Å². The molecular weight excluding hydrogens is 233 g/mol. The second-order valence-corrected chi connectivity index (χ2v) is 3.49. The molecule has 0 radical (unpaired) electrons. The highest BCUT2D eigenvalue weighted by Crippen LogP contribution is 2.11. The maximum atomic E-state index is 12.9. The molecule has 0 fully saturated rings. The van der Waals surface area contributed by atoms with Gasteiger partial charge in [0, 0.05) is 17.1 Å². The van der Waals surface area contributed by atoms with Crippen LogP contribution in [0.15, 0.2) is 18.3 Å². The van der Waals surface area contributed by atoms with Crippen molar-refractivity contribution in [3.8, 4) is 0 Å². The Morgan fingerprint density at radius 3 is 3.08 bits per heavy atom. The third kappa shape index (κ3) is 2.92. The lowest BCUT2D eigenvalue weighted by molar-refractivity contribution is 0.574. The van der Waals surface area contributed by atoms with Crippen molar-refractivity contribution in [1.29, 1.82) is 0 Å². The van der Waals surface area contributed by atoms with Gasteiger partial charge in [0.2, 0.25) is 5.95 Å². The van der Waals surface area contributed by atoms with Gasteiger partial charge in [-0.2, -0.15) is 4.39 Å². The normalized spacial score (nSPS) is 11.0. The number of hydrogen-bond acceptors (Lipinski definition) is 1. The van der Waals surface area contributed by atoms with Crippen LogP contribution in [0.2, 0.25) is 0 Å². The van der Waals surface area contributed by atoms with Crippen LogP contribution >= 0.6 is 15.9 Å². The lowest BCUT2D eigenvalue weighted by Gasteiger charge is -1.99. The summed E-state index contributed by atoms with van der Waals surface area (Å²) in [6, 6.07) is 1.81. The van der Waals surface area contributed by atoms with E-state index in [1.165, 1.54) is 6.20 Å². The summed E-state index contributed by atoms with van der Waals surface area (Å²) in [5.74, 6) is -0.388. The number of halogens is 2. The molecule has 0 unspecified atom stereocenters. The smallest absolute Gasteiger partial charge is 0.216 e. The van der Waals surface area contributed by atoms with Gasteiger partial charge in [0.15, 0.2) is 0 Å². The molecule has 0 atom stereocenters. The van der Waals surface area contributed by atoms with Crippen LogP contribution in [0.4, 0.5) is 4.39 Å². The van der Waals surface area contributed by atoms with Crippen molar-refractivity contribution < 1.29 is 4.39 Å². The Hall–Kier alpha value is -0.700. The highest BCUT2D eigenvalue weighted by molar-refractivity contribution is 9.09. The zero-order chi connectivity index (χ0) is 9.68. The summed E-state index contributed by atoms with van der Waals surface area (Å²) in [5.41, 5.74) is 1.50. The molecule has 0 aliphatic heterocycles. The molecule has 0 amide bonds. The third-order valence-electron chi connectivity index (χ3n) is 1.76. The Kier molecular flexibility index (Phi) is 4.09. The Morgan fingerprint density at radius 2 is 2.38 bits per heavy atom. The first kappa shape index (κ1) is 10.4. The predicted molar refractivity (Wildman–Crippen MR) is 56.4 cm³/mol. The first-order valence-corrected chi connectivity index (χ1v) is 5.21. The average Bonchev–Trinajstić information content (AvgIpc) is 2.13. The zero-order valence-electron chi connectivity index (χ0n) is 7.43. The fourth-order valence-electron chi connectivity index (χ4n) is 0.978. The molecule has 1 nitrogen and oxygen atoms in total. The molecule has 1 aromatic rings. The first-order valence-electron chi connectivity index (χ1n) is 4.09. The van der Waals surface area contributed by atoms with Crippen LogP contribution in [-0.2, 0) is 0 Å². The van der Waals surface area contributed by atoms with Crippen molar-refractivity contribution in [1.82, 2.24) is 4.98 Å². The topological polar surface area (TPSA) is 12.9 Å². The molecule has 0 aromatic carbocycles. The first-order chi connectivity index (χ1) is 6.25. The van der Waals surface area contributed by atoms with E-state index in [1.54, 1.807) is 6.92 Å². The number of aromatic nitrogens is 1. The molecule has 0 N–H and O–H groups in total. The van der Waals surface area contributed by atoms with Crippen molar-refractivity contribution in [3.05, 3.63) is 35.4 Å². The van der Waals surface area contributed by atoms with Crippen LogP contribution in [0.25, 0.3) is 6.08 Å². The number of pyridine rings is 1. The van der Waals surface area contributed by atoms with E-state index >= 15 is 0 Å². The number of hydrogen-bond donors (Lipinski definition) is 0. The predicted octanol–water partition coefficient (Wildman–Crippen LogP) is 3.33. The summed E-state index contributed by atoms with van der Waals surface area (Å²) in [4.78, 5) is 3.56. The van der Waals surface area contributed by atoms with Gasteiger partial charge in [-0.25, -0.2) is 4.98 Å². The number of nitrogens with zero attached hydrogens (tertiary/aromatic N) is 1. The molecule has 13 heavy (non-hydrogen) atoms. The number of allylic oxidation sites excluding steroid dienone is 1. The lowest BCUT2D eigenvalue weighted by atomic mass is 10.1. The fourth-order valence-corrected chi connectivity index (χ4v) is 1.24. The standard InChI is InChI=1S/C10H11BrFN/c1-8-9(4-2-3-6-11)5-7-13-10(8)12/h2,4-5,7H,3,6H2,1H3. The van der Waals surface area contributed by atoms with Crippen molar-refractivity contribution in [2.75, 3.05) is 5.33 Å². The maximum absolute atomic E-state index is 12.9. The minimum Gasteiger partial charge on any atom is -0.228 e. The van der Waals surface area contributed by atoms with Crippen LogP contribution in [0.5, 0.6) is 0 Å². The Morgan fingerprint density at radius 1 is 1.62 bits per heavy atom.